The second kappa shape index (κ2) is 6.78. The van der Waals surface area contributed by atoms with E-state index in [-0.39, 0.29) is 12.2 Å². The van der Waals surface area contributed by atoms with Gasteiger partial charge < -0.3 is 4.74 Å². The highest BCUT2D eigenvalue weighted by atomic mass is 19.1. The first-order valence-electron chi connectivity index (χ1n) is 9.96. The van der Waals surface area contributed by atoms with Crippen molar-refractivity contribution in [2.24, 2.45) is 0 Å². The SMILES string of the molecule is CC(C)(C)OC(=O)[C@@H]1CCCc2nn(CC3(c4ccc(F)cc4F)CC3)c(=O)n21. The molecule has 1 aliphatic heterocycles. The third-order valence-corrected chi connectivity index (χ3v) is 5.62. The summed E-state index contributed by atoms with van der Waals surface area (Å²) >= 11 is 0. The maximum atomic E-state index is 14.3. The molecule has 4 rings (SSSR count). The number of nitrogens with zero attached hydrogens (tertiary/aromatic N) is 3. The minimum absolute atomic E-state index is 0.204. The van der Waals surface area contributed by atoms with Crippen molar-refractivity contribution in [3.8, 4) is 0 Å². The number of carbonyl (C=O) groups excluding carboxylic acids is 1. The molecule has 1 atom stereocenters. The van der Waals surface area contributed by atoms with E-state index < -0.39 is 34.7 Å². The van der Waals surface area contributed by atoms with Gasteiger partial charge in [-0.1, -0.05) is 6.07 Å². The largest absolute Gasteiger partial charge is 0.458 e. The fraction of sp³-hybridized carbons (Fsp3) is 0.571. The molecule has 1 aromatic heterocycles. The number of esters is 1. The van der Waals surface area contributed by atoms with Crippen LogP contribution in [-0.4, -0.2) is 25.9 Å². The van der Waals surface area contributed by atoms with E-state index in [1.54, 1.807) is 20.8 Å². The van der Waals surface area contributed by atoms with Crippen LogP contribution in [-0.2, 0) is 27.9 Å². The van der Waals surface area contributed by atoms with Crippen LogP contribution in [0.4, 0.5) is 8.78 Å². The Bertz CT molecular complexity index is 1020. The van der Waals surface area contributed by atoms with Crippen LogP contribution in [0.15, 0.2) is 23.0 Å². The molecule has 0 unspecified atom stereocenters. The van der Waals surface area contributed by atoms with Gasteiger partial charge in [-0.25, -0.2) is 23.1 Å². The first kappa shape index (κ1) is 19.8. The van der Waals surface area contributed by atoms with E-state index in [1.165, 1.54) is 21.4 Å². The average molecular weight is 405 g/mol. The Hall–Kier alpha value is -2.51. The molecule has 0 saturated heterocycles. The molecule has 0 amide bonds. The summed E-state index contributed by atoms with van der Waals surface area (Å²) in [5.41, 5.74) is -1.19. The van der Waals surface area contributed by atoms with Crippen molar-refractivity contribution >= 4 is 5.97 Å². The second-order valence-electron chi connectivity index (χ2n) is 9.07. The molecule has 2 heterocycles. The van der Waals surface area contributed by atoms with Crippen LogP contribution >= 0.6 is 0 Å². The number of halogens is 2. The van der Waals surface area contributed by atoms with Crippen molar-refractivity contribution in [1.82, 2.24) is 14.3 Å². The molecular formula is C21H25F2N3O3. The van der Waals surface area contributed by atoms with Crippen molar-refractivity contribution in [3.63, 3.8) is 0 Å². The van der Waals surface area contributed by atoms with Gasteiger partial charge in [-0.05, 0) is 58.1 Å². The maximum Gasteiger partial charge on any atom is 0.346 e. The standard InChI is InChI=1S/C21H25F2N3O3/c1-20(2,3)29-18(27)16-5-4-6-17-24-25(19(28)26(16)17)12-21(9-10-21)14-8-7-13(22)11-15(14)23/h7-8,11,16H,4-6,9-10,12H2,1-3H3/t16-/m0/s1. The lowest BCUT2D eigenvalue weighted by molar-refractivity contribution is -0.159. The number of carbonyl (C=O) groups is 1. The van der Waals surface area contributed by atoms with E-state index in [0.29, 0.717) is 37.1 Å². The second-order valence-corrected chi connectivity index (χ2v) is 9.07. The normalized spacial score (nSPS) is 20.2. The molecule has 1 aliphatic carbocycles. The van der Waals surface area contributed by atoms with E-state index in [9.17, 15) is 18.4 Å². The van der Waals surface area contributed by atoms with Crippen LogP contribution in [0.25, 0.3) is 0 Å². The number of rotatable bonds is 4. The Morgan fingerprint density at radius 3 is 2.66 bits per heavy atom. The average Bonchev–Trinajstić information content (AvgIpc) is 3.32. The molecule has 0 bridgehead atoms. The van der Waals surface area contributed by atoms with Gasteiger partial charge in [-0.3, -0.25) is 4.57 Å². The minimum atomic E-state index is -0.697. The summed E-state index contributed by atoms with van der Waals surface area (Å²) in [6.45, 7) is 5.56. The van der Waals surface area contributed by atoms with Gasteiger partial charge >= 0.3 is 11.7 Å². The van der Waals surface area contributed by atoms with E-state index in [2.05, 4.69) is 5.10 Å². The highest BCUT2D eigenvalue weighted by Crippen LogP contribution is 2.50. The zero-order chi connectivity index (χ0) is 21.0. The van der Waals surface area contributed by atoms with Crippen molar-refractivity contribution in [3.05, 3.63) is 51.7 Å². The molecule has 1 fully saturated rings. The first-order valence-corrected chi connectivity index (χ1v) is 9.96. The summed E-state index contributed by atoms with van der Waals surface area (Å²) in [4.78, 5) is 25.7. The van der Waals surface area contributed by atoms with E-state index in [1.807, 2.05) is 0 Å². The topological polar surface area (TPSA) is 66.1 Å². The number of benzene rings is 1. The quantitative estimate of drug-likeness (QED) is 0.733. The van der Waals surface area contributed by atoms with Crippen LogP contribution in [0.3, 0.4) is 0 Å². The van der Waals surface area contributed by atoms with E-state index >= 15 is 0 Å². The monoisotopic (exact) mass is 405 g/mol. The predicted molar refractivity (Wildman–Crippen MR) is 102 cm³/mol. The molecular weight excluding hydrogens is 380 g/mol. The molecule has 8 heteroatoms. The summed E-state index contributed by atoms with van der Waals surface area (Å²) < 4.78 is 35.9. The van der Waals surface area contributed by atoms with Crippen molar-refractivity contribution in [2.75, 3.05) is 0 Å². The van der Waals surface area contributed by atoms with Crippen LogP contribution in [0.5, 0.6) is 0 Å². The number of aryl methyl sites for hydroxylation is 1. The molecule has 156 valence electrons. The molecule has 6 nitrogen and oxygen atoms in total. The maximum absolute atomic E-state index is 14.3. The Morgan fingerprint density at radius 2 is 2.03 bits per heavy atom. The Morgan fingerprint density at radius 1 is 1.31 bits per heavy atom. The smallest absolute Gasteiger partial charge is 0.346 e. The van der Waals surface area contributed by atoms with Crippen LogP contribution in [0.1, 0.15) is 63.9 Å². The molecule has 0 N–H and O–H groups in total. The molecule has 0 spiro atoms. The zero-order valence-electron chi connectivity index (χ0n) is 16.9. The Kier molecular flexibility index (Phi) is 4.63. The van der Waals surface area contributed by atoms with Gasteiger partial charge in [0.15, 0.2) is 0 Å². The van der Waals surface area contributed by atoms with Gasteiger partial charge in [0.1, 0.15) is 29.1 Å². The number of fused-ring (bicyclic) bond motifs is 1. The number of hydrogen-bond acceptors (Lipinski definition) is 4. The minimum Gasteiger partial charge on any atom is -0.458 e. The Labute approximate surface area is 167 Å². The van der Waals surface area contributed by atoms with Gasteiger partial charge in [0, 0.05) is 17.9 Å². The molecule has 1 aromatic carbocycles. The fourth-order valence-electron chi connectivity index (χ4n) is 4.10. The third kappa shape index (κ3) is 3.72. The molecule has 2 aliphatic rings. The zero-order valence-corrected chi connectivity index (χ0v) is 16.9. The third-order valence-electron chi connectivity index (χ3n) is 5.62. The molecule has 2 aromatic rings. The van der Waals surface area contributed by atoms with Gasteiger partial charge in [-0.2, -0.15) is 5.10 Å². The number of hydrogen-bond donors (Lipinski definition) is 0. The fourth-order valence-corrected chi connectivity index (χ4v) is 4.10. The summed E-state index contributed by atoms with van der Waals surface area (Å²) in [6, 6.07) is 2.85. The number of ether oxygens (including phenoxy) is 1. The van der Waals surface area contributed by atoms with Crippen molar-refractivity contribution in [2.45, 2.75) is 76.5 Å². The van der Waals surface area contributed by atoms with Crippen LogP contribution in [0.2, 0.25) is 0 Å². The highest BCUT2D eigenvalue weighted by molar-refractivity contribution is 5.74. The van der Waals surface area contributed by atoms with Crippen LogP contribution in [0, 0.1) is 11.6 Å². The van der Waals surface area contributed by atoms with Gasteiger partial charge in [0.05, 0.1) is 6.54 Å². The van der Waals surface area contributed by atoms with E-state index in [0.717, 1.165) is 12.5 Å². The lowest BCUT2D eigenvalue weighted by Gasteiger charge is -2.26. The lowest BCUT2D eigenvalue weighted by atomic mass is 9.95. The molecule has 1 saturated carbocycles. The molecule has 0 radical (unpaired) electrons. The van der Waals surface area contributed by atoms with Gasteiger partial charge in [0.25, 0.3) is 0 Å². The van der Waals surface area contributed by atoms with Crippen LogP contribution < -0.4 is 5.69 Å². The van der Waals surface area contributed by atoms with Gasteiger partial charge in [-0.15, -0.1) is 0 Å². The van der Waals surface area contributed by atoms with Gasteiger partial charge in [0.2, 0.25) is 0 Å². The van der Waals surface area contributed by atoms with Crippen molar-refractivity contribution < 1.29 is 18.3 Å². The summed E-state index contributed by atoms with van der Waals surface area (Å²) in [5, 5.41) is 4.44. The molecule has 29 heavy (non-hydrogen) atoms. The Balaban J connectivity index is 1.64. The first-order chi connectivity index (χ1) is 13.6. The summed E-state index contributed by atoms with van der Waals surface area (Å²) in [5.74, 6) is -1.12. The van der Waals surface area contributed by atoms with Crippen molar-refractivity contribution in [1.29, 1.82) is 0 Å². The lowest BCUT2D eigenvalue weighted by Crippen LogP contribution is -2.38. The summed E-state index contributed by atoms with van der Waals surface area (Å²) in [7, 11) is 0. The summed E-state index contributed by atoms with van der Waals surface area (Å²) in [6.07, 6.45) is 3.24. The number of aromatic nitrogens is 3. The highest BCUT2D eigenvalue weighted by Gasteiger charge is 2.47. The predicted octanol–water partition coefficient (Wildman–Crippen LogP) is 3.27. The van der Waals surface area contributed by atoms with E-state index in [4.69, 9.17) is 4.74 Å².